The first-order chi connectivity index (χ1) is 7.22. The third-order valence-corrected chi connectivity index (χ3v) is 3.03. The smallest absolute Gasteiger partial charge is 0.123 e. The molecule has 1 aliphatic carbocycles. The molecule has 1 aromatic carbocycles. The lowest BCUT2D eigenvalue weighted by molar-refractivity contribution is 0.137. The zero-order chi connectivity index (χ0) is 10.8. The van der Waals surface area contributed by atoms with Gasteiger partial charge in [0.1, 0.15) is 5.82 Å². The fourth-order valence-electron chi connectivity index (χ4n) is 2.22. The number of hydrogen-bond acceptors (Lipinski definition) is 2. The van der Waals surface area contributed by atoms with Crippen LogP contribution in [0.2, 0.25) is 0 Å². The summed E-state index contributed by atoms with van der Waals surface area (Å²) in [4.78, 5) is 0. The van der Waals surface area contributed by atoms with Crippen LogP contribution in [-0.2, 0) is 4.74 Å². The van der Waals surface area contributed by atoms with Crippen molar-refractivity contribution in [1.82, 2.24) is 0 Å². The average molecular weight is 208 g/mol. The molecule has 0 heterocycles. The molecule has 2 nitrogen and oxygen atoms in total. The number of nitrogens with two attached hydrogens (primary N) is 1. The Morgan fingerprint density at radius 1 is 1.40 bits per heavy atom. The molecule has 0 saturated heterocycles. The van der Waals surface area contributed by atoms with Crippen LogP contribution in [0.1, 0.15) is 17.9 Å². The maximum atomic E-state index is 12.8. The number of halogens is 1. The first kappa shape index (κ1) is 10.6. The van der Waals surface area contributed by atoms with Gasteiger partial charge in [0.15, 0.2) is 0 Å². The highest BCUT2D eigenvalue weighted by Crippen LogP contribution is 2.43. The standard InChI is InChI=1S/C12H15FNO/c1-15-7-9-6-11(14)12(9)8-2-4-10(13)5-3-8/h2-5,7,9,11-12H,6,14H2,1H3. The number of hydrogen-bond donors (Lipinski definition) is 1. The highest BCUT2D eigenvalue weighted by Gasteiger charge is 2.39. The number of ether oxygens (including phenoxy) is 1. The Balaban J connectivity index is 2.11. The molecule has 0 aromatic heterocycles. The minimum atomic E-state index is -0.209. The Morgan fingerprint density at radius 2 is 2.07 bits per heavy atom. The summed E-state index contributed by atoms with van der Waals surface area (Å²) < 4.78 is 17.8. The molecule has 0 aliphatic heterocycles. The van der Waals surface area contributed by atoms with Crippen LogP contribution < -0.4 is 5.73 Å². The fourth-order valence-corrected chi connectivity index (χ4v) is 2.22. The van der Waals surface area contributed by atoms with Gasteiger partial charge in [0.05, 0.1) is 6.61 Å². The molecule has 1 fully saturated rings. The second-order valence-corrected chi connectivity index (χ2v) is 4.01. The maximum absolute atomic E-state index is 12.8. The normalized spacial score (nSPS) is 29.9. The van der Waals surface area contributed by atoms with Gasteiger partial charge in [0, 0.05) is 19.1 Å². The average Bonchev–Trinajstić information content (AvgIpc) is 2.21. The van der Waals surface area contributed by atoms with Crippen LogP contribution in [0.25, 0.3) is 0 Å². The third-order valence-electron chi connectivity index (χ3n) is 3.03. The Morgan fingerprint density at radius 3 is 2.60 bits per heavy atom. The van der Waals surface area contributed by atoms with E-state index in [2.05, 4.69) is 0 Å². The van der Waals surface area contributed by atoms with Gasteiger partial charge in [-0.2, -0.15) is 0 Å². The van der Waals surface area contributed by atoms with E-state index in [1.54, 1.807) is 19.2 Å². The van der Waals surface area contributed by atoms with Crippen LogP contribution in [0.4, 0.5) is 4.39 Å². The first-order valence-electron chi connectivity index (χ1n) is 5.09. The predicted molar refractivity (Wildman–Crippen MR) is 56.5 cm³/mol. The van der Waals surface area contributed by atoms with Gasteiger partial charge in [-0.25, -0.2) is 4.39 Å². The topological polar surface area (TPSA) is 35.2 Å². The van der Waals surface area contributed by atoms with E-state index in [0.717, 1.165) is 12.0 Å². The second kappa shape index (κ2) is 4.29. The summed E-state index contributed by atoms with van der Waals surface area (Å²) in [6.45, 7) is 1.82. The monoisotopic (exact) mass is 208 g/mol. The third kappa shape index (κ3) is 2.03. The molecule has 1 aromatic rings. The van der Waals surface area contributed by atoms with Crippen molar-refractivity contribution in [2.75, 3.05) is 7.11 Å². The van der Waals surface area contributed by atoms with Crippen molar-refractivity contribution < 1.29 is 9.13 Å². The molecule has 1 saturated carbocycles. The molecular formula is C12H15FNO. The first-order valence-corrected chi connectivity index (χ1v) is 5.09. The summed E-state index contributed by atoms with van der Waals surface area (Å²) in [6, 6.07) is 6.71. The van der Waals surface area contributed by atoms with E-state index in [0.29, 0.717) is 5.92 Å². The van der Waals surface area contributed by atoms with E-state index in [4.69, 9.17) is 10.5 Å². The molecule has 0 spiro atoms. The minimum Gasteiger partial charge on any atom is -0.378 e. The van der Waals surface area contributed by atoms with E-state index in [9.17, 15) is 4.39 Å². The molecule has 1 aliphatic rings. The Labute approximate surface area is 89.2 Å². The van der Waals surface area contributed by atoms with Crippen LogP contribution in [0, 0.1) is 18.3 Å². The Kier molecular flexibility index (Phi) is 3.03. The lowest BCUT2D eigenvalue weighted by Gasteiger charge is -2.42. The summed E-state index contributed by atoms with van der Waals surface area (Å²) in [7, 11) is 1.64. The van der Waals surface area contributed by atoms with E-state index in [1.807, 2.05) is 6.61 Å². The van der Waals surface area contributed by atoms with Crippen LogP contribution in [0.3, 0.4) is 0 Å². The van der Waals surface area contributed by atoms with Crippen molar-refractivity contribution in [2.24, 2.45) is 11.7 Å². The van der Waals surface area contributed by atoms with Crippen molar-refractivity contribution in [3.63, 3.8) is 0 Å². The van der Waals surface area contributed by atoms with Crippen molar-refractivity contribution >= 4 is 0 Å². The summed E-state index contributed by atoms with van der Waals surface area (Å²) >= 11 is 0. The van der Waals surface area contributed by atoms with E-state index >= 15 is 0 Å². The lowest BCUT2D eigenvalue weighted by Crippen LogP contribution is -2.45. The number of benzene rings is 1. The SMILES string of the molecule is CO[CH]C1CC(N)C1c1ccc(F)cc1. The molecule has 3 heteroatoms. The second-order valence-electron chi connectivity index (χ2n) is 4.01. The molecular weight excluding hydrogens is 193 g/mol. The van der Waals surface area contributed by atoms with Gasteiger partial charge in [-0.15, -0.1) is 0 Å². The summed E-state index contributed by atoms with van der Waals surface area (Å²) in [5, 5.41) is 0. The van der Waals surface area contributed by atoms with Gasteiger partial charge in [0.25, 0.3) is 0 Å². The summed E-state index contributed by atoms with van der Waals surface area (Å²) in [5.74, 6) is 0.417. The van der Waals surface area contributed by atoms with Crippen molar-refractivity contribution in [3.05, 3.63) is 42.3 Å². The lowest BCUT2D eigenvalue weighted by atomic mass is 9.67. The van der Waals surface area contributed by atoms with Gasteiger partial charge >= 0.3 is 0 Å². The van der Waals surface area contributed by atoms with Gasteiger partial charge in [0.2, 0.25) is 0 Å². The van der Waals surface area contributed by atoms with Crippen molar-refractivity contribution in [1.29, 1.82) is 0 Å². The largest absolute Gasteiger partial charge is 0.378 e. The molecule has 0 amide bonds. The van der Waals surface area contributed by atoms with E-state index < -0.39 is 0 Å². The zero-order valence-electron chi connectivity index (χ0n) is 8.69. The molecule has 2 rings (SSSR count). The zero-order valence-corrected chi connectivity index (χ0v) is 8.69. The van der Waals surface area contributed by atoms with E-state index in [1.165, 1.54) is 12.1 Å². The molecule has 15 heavy (non-hydrogen) atoms. The molecule has 2 N–H and O–H groups in total. The van der Waals surface area contributed by atoms with Crippen molar-refractivity contribution in [2.45, 2.75) is 18.4 Å². The summed E-state index contributed by atoms with van der Waals surface area (Å²) in [6.07, 6.45) is 0.940. The van der Waals surface area contributed by atoms with Crippen molar-refractivity contribution in [3.8, 4) is 0 Å². The van der Waals surface area contributed by atoms with Crippen LogP contribution >= 0.6 is 0 Å². The Bertz CT molecular complexity index is 323. The highest BCUT2D eigenvalue weighted by atomic mass is 19.1. The van der Waals surface area contributed by atoms with Crippen LogP contribution in [0.15, 0.2) is 24.3 Å². The van der Waals surface area contributed by atoms with E-state index in [-0.39, 0.29) is 17.8 Å². The fraction of sp³-hybridized carbons (Fsp3) is 0.417. The van der Waals surface area contributed by atoms with Gasteiger partial charge in [-0.1, -0.05) is 12.1 Å². The molecule has 3 unspecified atom stereocenters. The number of rotatable bonds is 3. The van der Waals surface area contributed by atoms with Crippen LogP contribution in [-0.4, -0.2) is 13.2 Å². The molecule has 3 atom stereocenters. The summed E-state index contributed by atoms with van der Waals surface area (Å²) in [5.41, 5.74) is 7.04. The number of methoxy groups -OCH3 is 1. The maximum Gasteiger partial charge on any atom is 0.123 e. The quantitative estimate of drug-likeness (QED) is 0.825. The molecule has 81 valence electrons. The van der Waals surface area contributed by atoms with Gasteiger partial charge in [-0.05, 0) is 30.0 Å². The van der Waals surface area contributed by atoms with Crippen LogP contribution in [0.5, 0.6) is 0 Å². The highest BCUT2D eigenvalue weighted by molar-refractivity contribution is 5.27. The Hall–Kier alpha value is -0.930. The minimum absolute atomic E-state index is 0.159. The molecule has 1 radical (unpaired) electrons. The van der Waals surface area contributed by atoms with Gasteiger partial charge in [-0.3, -0.25) is 0 Å². The molecule has 0 bridgehead atoms. The van der Waals surface area contributed by atoms with Gasteiger partial charge < -0.3 is 10.5 Å². The predicted octanol–water partition coefficient (Wildman–Crippen LogP) is 2.06.